The molecule has 0 aromatic heterocycles. The maximum atomic E-state index is 13.4. The molecular formula is C22H23F2NO. The first-order valence-corrected chi connectivity index (χ1v) is 9.02. The van der Waals surface area contributed by atoms with E-state index in [0.717, 1.165) is 47.6 Å². The Morgan fingerprint density at radius 2 is 1.88 bits per heavy atom. The lowest BCUT2D eigenvalue weighted by molar-refractivity contribution is 0.102. The highest BCUT2D eigenvalue weighted by Crippen LogP contribution is 2.53. The molecule has 2 aromatic rings. The minimum absolute atomic E-state index is 0.591. The van der Waals surface area contributed by atoms with Gasteiger partial charge in [-0.05, 0) is 48.1 Å². The second-order valence-electron chi connectivity index (χ2n) is 7.30. The maximum absolute atomic E-state index is 13.4. The Balaban J connectivity index is 1.53. The highest BCUT2D eigenvalue weighted by molar-refractivity contribution is 5.67. The zero-order chi connectivity index (χ0) is 18.3. The highest BCUT2D eigenvalue weighted by atomic mass is 19.3. The molecule has 0 atom stereocenters. The van der Waals surface area contributed by atoms with Gasteiger partial charge in [-0.15, -0.1) is 0 Å². The summed E-state index contributed by atoms with van der Waals surface area (Å²) in [5.41, 5.74) is 4.29. The summed E-state index contributed by atoms with van der Waals surface area (Å²) >= 11 is 0. The molecule has 1 fully saturated rings. The quantitative estimate of drug-likeness (QED) is 0.747. The van der Waals surface area contributed by atoms with Crippen molar-refractivity contribution in [3.05, 3.63) is 71.3 Å². The van der Waals surface area contributed by atoms with E-state index in [1.54, 1.807) is 7.11 Å². The van der Waals surface area contributed by atoms with Crippen molar-refractivity contribution in [2.24, 2.45) is 0 Å². The van der Waals surface area contributed by atoms with Gasteiger partial charge in [-0.25, -0.2) is 8.78 Å². The lowest BCUT2D eigenvalue weighted by atomic mass is 9.89. The molecule has 0 N–H and O–H groups in total. The molecule has 26 heavy (non-hydrogen) atoms. The first-order chi connectivity index (χ1) is 12.5. The first-order valence-electron chi connectivity index (χ1n) is 9.02. The van der Waals surface area contributed by atoms with Gasteiger partial charge in [0.15, 0.2) is 0 Å². The van der Waals surface area contributed by atoms with Crippen molar-refractivity contribution in [2.75, 3.05) is 13.7 Å². The van der Waals surface area contributed by atoms with Crippen LogP contribution in [0.25, 0.3) is 5.70 Å². The zero-order valence-electron chi connectivity index (χ0n) is 15.0. The second-order valence-corrected chi connectivity index (χ2v) is 7.30. The van der Waals surface area contributed by atoms with Crippen molar-refractivity contribution in [3.63, 3.8) is 0 Å². The first kappa shape index (κ1) is 17.1. The number of benzene rings is 2. The van der Waals surface area contributed by atoms with Gasteiger partial charge >= 0.3 is 0 Å². The number of fused-ring (bicyclic) bond motifs is 1. The van der Waals surface area contributed by atoms with E-state index < -0.39 is 11.8 Å². The van der Waals surface area contributed by atoms with Crippen molar-refractivity contribution in [1.82, 2.24) is 4.90 Å². The lowest BCUT2D eigenvalue weighted by Crippen LogP contribution is -2.29. The Labute approximate surface area is 153 Å². The van der Waals surface area contributed by atoms with Crippen LogP contribution in [0, 0.1) is 0 Å². The van der Waals surface area contributed by atoms with Gasteiger partial charge in [-0.2, -0.15) is 0 Å². The fourth-order valence-electron chi connectivity index (χ4n) is 3.85. The average molecular weight is 355 g/mol. The molecule has 2 aromatic carbocycles. The Morgan fingerprint density at radius 1 is 1.15 bits per heavy atom. The van der Waals surface area contributed by atoms with E-state index in [9.17, 15) is 8.78 Å². The molecule has 0 bridgehead atoms. The Kier molecular flexibility index (Phi) is 4.22. The molecule has 0 saturated heterocycles. The minimum Gasteiger partial charge on any atom is -0.497 e. The summed E-state index contributed by atoms with van der Waals surface area (Å²) in [5.74, 6) is 0.845. The fourth-order valence-corrected chi connectivity index (χ4v) is 3.85. The van der Waals surface area contributed by atoms with Crippen LogP contribution in [-0.4, -0.2) is 25.0 Å². The molecule has 1 heterocycles. The topological polar surface area (TPSA) is 12.5 Å². The van der Waals surface area contributed by atoms with Crippen molar-refractivity contribution in [2.45, 2.75) is 37.6 Å². The molecule has 4 heteroatoms. The number of halogens is 2. The number of rotatable bonds is 5. The molecule has 0 unspecified atom stereocenters. The predicted molar refractivity (Wildman–Crippen MR) is 99.5 cm³/mol. The monoisotopic (exact) mass is 355 g/mol. The Hall–Kier alpha value is -2.36. The summed E-state index contributed by atoms with van der Waals surface area (Å²) in [5, 5.41) is 0. The lowest BCUT2D eigenvalue weighted by Gasteiger charge is -2.33. The predicted octanol–water partition coefficient (Wildman–Crippen LogP) is 5.02. The molecule has 0 amide bonds. The van der Waals surface area contributed by atoms with Crippen molar-refractivity contribution >= 4 is 5.70 Å². The van der Waals surface area contributed by atoms with Gasteiger partial charge in [0, 0.05) is 24.4 Å². The van der Waals surface area contributed by atoms with Gasteiger partial charge in [0.1, 0.15) is 5.75 Å². The van der Waals surface area contributed by atoms with Crippen LogP contribution in [0.1, 0.15) is 35.1 Å². The molecular weight excluding hydrogens is 332 g/mol. The number of alkyl halides is 2. The van der Waals surface area contributed by atoms with Crippen LogP contribution in [0.3, 0.4) is 0 Å². The Morgan fingerprint density at radius 3 is 2.50 bits per heavy atom. The van der Waals surface area contributed by atoms with Gasteiger partial charge < -0.3 is 9.64 Å². The fraction of sp³-hybridized carbons (Fsp3) is 0.364. The van der Waals surface area contributed by atoms with E-state index in [1.165, 1.54) is 5.56 Å². The van der Waals surface area contributed by atoms with Crippen LogP contribution in [0.2, 0.25) is 0 Å². The summed E-state index contributed by atoms with van der Waals surface area (Å²) in [6.07, 6.45) is -0.237. The number of hydrogen-bond acceptors (Lipinski definition) is 2. The van der Waals surface area contributed by atoms with Gasteiger partial charge in [-0.3, -0.25) is 0 Å². The molecule has 0 spiro atoms. The number of ether oxygens (including phenoxy) is 1. The largest absolute Gasteiger partial charge is 0.497 e. The number of nitrogens with zero attached hydrogens (tertiary/aromatic N) is 1. The summed E-state index contributed by atoms with van der Waals surface area (Å²) in [6.45, 7) is 5.90. The Bertz CT molecular complexity index is 825. The molecule has 1 aliphatic carbocycles. The summed E-state index contributed by atoms with van der Waals surface area (Å²) in [6, 6.07) is 13.9. The third-order valence-corrected chi connectivity index (χ3v) is 5.76. The maximum Gasteiger partial charge on any atom is 0.248 e. The average Bonchev–Trinajstić information content (AvgIpc) is 3.46. The number of hydrogen-bond donors (Lipinski definition) is 0. The van der Waals surface area contributed by atoms with E-state index in [2.05, 4.69) is 23.6 Å². The van der Waals surface area contributed by atoms with Crippen molar-refractivity contribution in [1.29, 1.82) is 0 Å². The SMILES string of the molecule is C=C1c2ccc(C3(C(F)F)CC3)cc2CCN1Cc1ccc(OC)cc1. The van der Waals surface area contributed by atoms with Crippen LogP contribution in [0.4, 0.5) is 8.78 Å². The normalized spacial score (nSPS) is 18.0. The smallest absolute Gasteiger partial charge is 0.248 e. The van der Waals surface area contributed by atoms with Crippen molar-refractivity contribution < 1.29 is 13.5 Å². The molecule has 2 nitrogen and oxygen atoms in total. The zero-order valence-corrected chi connectivity index (χ0v) is 15.0. The van der Waals surface area contributed by atoms with E-state index in [1.807, 2.05) is 30.3 Å². The van der Waals surface area contributed by atoms with E-state index >= 15 is 0 Å². The molecule has 2 aliphatic rings. The van der Waals surface area contributed by atoms with Gasteiger partial charge in [-0.1, -0.05) is 36.9 Å². The molecule has 4 rings (SSSR count). The summed E-state index contributed by atoms with van der Waals surface area (Å²) in [4.78, 5) is 2.25. The van der Waals surface area contributed by atoms with E-state index in [4.69, 9.17) is 4.74 Å². The number of methoxy groups -OCH3 is 1. The van der Waals surface area contributed by atoms with Gasteiger partial charge in [0.25, 0.3) is 0 Å². The van der Waals surface area contributed by atoms with Crippen LogP contribution < -0.4 is 4.74 Å². The second kappa shape index (κ2) is 6.42. The van der Waals surface area contributed by atoms with E-state index in [0.29, 0.717) is 12.8 Å². The standard InChI is InChI=1S/C22H23F2NO/c1-15-20-8-5-18(22(10-11-22)21(23)24)13-17(20)9-12-25(15)14-16-3-6-19(26-2)7-4-16/h3-8,13,21H,1,9-12,14H2,2H3. The summed E-state index contributed by atoms with van der Waals surface area (Å²) < 4.78 is 32.0. The highest BCUT2D eigenvalue weighted by Gasteiger charge is 2.52. The molecule has 0 radical (unpaired) electrons. The molecule has 1 aliphatic heterocycles. The van der Waals surface area contributed by atoms with Gasteiger partial charge in [0.2, 0.25) is 6.43 Å². The van der Waals surface area contributed by atoms with Crippen LogP contribution in [-0.2, 0) is 18.4 Å². The van der Waals surface area contributed by atoms with Crippen LogP contribution in [0.15, 0.2) is 49.0 Å². The minimum atomic E-state index is -2.28. The van der Waals surface area contributed by atoms with Gasteiger partial charge in [0.05, 0.1) is 12.5 Å². The van der Waals surface area contributed by atoms with E-state index in [-0.39, 0.29) is 0 Å². The van der Waals surface area contributed by atoms with Crippen LogP contribution >= 0.6 is 0 Å². The van der Waals surface area contributed by atoms with Crippen molar-refractivity contribution in [3.8, 4) is 5.75 Å². The summed E-state index contributed by atoms with van der Waals surface area (Å²) in [7, 11) is 1.66. The third kappa shape index (κ3) is 2.87. The third-order valence-electron chi connectivity index (χ3n) is 5.76. The van der Waals surface area contributed by atoms with Crippen LogP contribution in [0.5, 0.6) is 5.75 Å². The molecule has 1 saturated carbocycles. The molecule has 136 valence electrons.